The molecule has 0 aliphatic heterocycles. The lowest BCUT2D eigenvalue weighted by molar-refractivity contribution is -0.139. The minimum Gasteiger partial charge on any atom is -0.479 e. The standard InChI is InChI=1S/C19H20FN3O4/c1-12(2)26-6-5-13-7-14-10-22-23(19(14)21-9-13)15-3-4-17(16(20)8-15)27-11-18(24)25/h3-4,7-10,12H,5-6,11H2,1-2H3,(H,24,25). The molecule has 2 heterocycles. The lowest BCUT2D eigenvalue weighted by Crippen LogP contribution is -2.10. The van der Waals surface area contributed by atoms with Crippen molar-refractivity contribution in [2.24, 2.45) is 0 Å². The molecular formula is C19H20FN3O4. The molecule has 0 spiro atoms. The van der Waals surface area contributed by atoms with Gasteiger partial charge in [0.15, 0.2) is 23.8 Å². The molecule has 0 radical (unpaired) electrons. The zero-order valence-corrected chi connectivity index (χ0v) is 15.1. The summed E-state index contributed by atoms with van der Waals surface area (Å²) in [6.07, 6.45) is 4.35. The highest BCUT2D eigenvalue weighted by Gasteiger charge is 2.12. The first-order valence-corrected chi connectivity index (χ1v) is 8.53. The van der Waals surface area contributed by atoms with E-state index in [-0.39, 0.29) is 11.9 Å². The number of ether oxygens (including phenoxy) is 2. The first-order chi connectivity index (χ1) is 12.9. The molecule has 142 valence electrons. The second-order valence-corrected chi connectivity index (χ2v) is 6.28. The van der Waals surface area contributed by atoms with Crippen LogP contribution in [0.5, 0.6) is 5.75 Å². The molecule has 1 N–H and O–H groups in total. The van der Waals surface area contributed by atoms with Crippen molar-refractivity contribution in [1.29, 1.82) is 0 Å². The summed E-state index contributed by atoms with van der Waals surface area (Å²) in [7, 11) is 0. The zero-order valence-electron chi connectivity index (χ0n) is 15.1. The first kappa shape index (κ1) is 18.8. The number of aliphatic carboxylic acids is 1. The Morgan fingerprint density at radius 3 is 2.81 bits per heavy atom. The van der Waals surface area contributed by atoms with Gasteiger partial charge < -0.3 is 14.6 Å². The third kappa shape index (κ3) is 4.59. The molecule has 3 aromatic rings. The van der Waals surface area contributed by atoms with E-state index in [9.17, 15) is 9.18 Å². The third-order valence-corrected chi connectivity index (χ3v) is 3.82. The monoisotopic (exact) mass is 373 g/mol. The molecular weight excluding hydrogens is 353 g/mol. The van der Waals surface area contributed by atoms with Gasteiger partial charge in [-0.15, -0.1) is 0 Å². The number of nitrogens with zero attached hydrogens (tertiary/aromatic N) is 3. The van der Waals surface area contributed by atoms with Crippen molar-refractivity contribution in [3.63, 3.8) is 0 Å². The van der Waals surface area contributed by atoms with Crippen LogP contribution in [0.25, 0.3) is 16.7 Å². The molecule has 3 rings (SSSR count). The van der Waals surface area contributed by atoms with E-state index in [1.54, 1.807) is 18.5 Å². The van der Waals surface area contributed by atoms with Gasteiger partial charge in [-0.1, -0.05) is 0 Å². The number of carbonyl (C=O) groups is 1. The number of carboxylic acid groups (broad SMARTS) is 1. The lowest BCUT2D eigenvalue weighted by atomic mass is 10.2. The molecule has 0 bridgehead atoms. The Balaban J connectivity index is 1.80. The van der Waals surface area contributed by atoms with Crippen LogP contribution in [0.15, 0.2) is 36.7 Å². The van der Waals surface area contributed by atoms with Crippen molar-refractivity contribution >= 4 is 17.0 Å². The Bertz CT molecular complexity index is 955. The van der Waals surface area contributed by atoms with Crippen LogP contribution in [0.4, 0.5) is 4.39 Å². The minimum absolute atomic E-state index is 0.127. The van der Waals surface area contributed by atoms with Crippen molar-refractivity contribution in [3.05, 3.63) is 48.0 Å². The number of halogens is 1. The van der Waals surface area contributed by atoms with E-state index in [1.165, 1.54) is 16.8 Å². The fourth-order valence-electron chi connectivity index (χ4n) is 2.58. The van der Waals surface area contributed by atoms with Crippen LogP contribution < -0.4 is 4.74 Å². The summed E-state index contributed by atoms with van der Waals surface area (Å²) < 4.78 is 26.1. The fourth-order valence-corrected chi connectivity index (χ4v) is 2.58. The quantitative estimate of drug-likeness (QED) is 0.653. The number of aromatic nitrogens is 3. The first-order valence-electron chi connectivity index (χ1n) is 8.53. The predicted molar refractivity (Wildman–Crippen MR) is 96.7 cm³/mol. The van der Waals surface area contributed by atoms with Crippen molar-refractivity contribution in [2.75, 3.05) is 13.2 Å². The van der Waals surface area contributed by atoms with Crippen molar-refractivity contribution < 1.29 is 23.8 Å². The molecule has 0 saturated carbocycles. The van der Waals surface area contributed by atoms with Gasteiger partial charge in [0, 0.05) is 17.6 Å². The fraction of sp³-hybridized carbons (Fsp3) is 0.316. The molecule has 0 fully saturated rings. The molecule has 0 unspecified atom stereocenters. The van der Waals surface area contributed by atoms with E-state index in [2.05, 4.69) is 10.1 Å². The normalized spacial score (nSPS) is 11.3. The van der Waals surface area contributed by atoms with E-state index in [0.717, 1.165) is 17.4 Å². The number of hydrogen-bond acceptors (Lipinski definition) is 5. The summed E-state index contributed by atoms with van der Waals surface area (Å²) in [5.41, 5.74) is 2.10. The Morgan fingerprint density at radius 2 is 2.11 bits per heavy atom. The van der Waals surface area contributed by atoms with Crippen LogP contribution in [0, 0.1) is 5.82 Å². The van der Waals surface area contributed by atoms with Gasteiger partial charge in [0.2, 0.25) is 0 Å². The minimum atomic E-state index is -1.17. The topological polar surface area (TPSA) is 86.5 Å². The largest absolute Gasteiger partial charge is 0.479 e. The van der Waals surface area contributed by atoms with Gasteiger partial charge in [-0.3, -0.25) is 0 Å². The summed E-state index contributed by atoms with van der Waals surface area (Å²) >= 11 is 0. The maximum absolute atomic E-state index is 14.2. The van der Waals surface area contributed by atoms with Gasteiger partial charge in [0.25, 0.3) is 0 Å². The number of benzene rings is 1. The van der Waals surface area contributed by atoms with Gasteiger partial charge in [-0.05, 0) is 44.0 Å². The van der Waals surface area contributed by atoms with Gasteiger partial charge in [-0.2, -0.15) is 5.10 Å². The number of pyridine rings is 1. The van der Waals surface area contributed by atoms with E-state index < -0.39 is 18.4 Å². The highest BCUT2D eigenvalue weighted by Crippen LogP contribution is 2.23. The highest BCUT2D eigenvalue weighted by molar-refractivity contribution is 5.76. The smallest absolute Gasteiger partial charge is 0.341 e. The second kappa shape index (κ2) is 8.13. The van der Waals surface area contributed by atoms with Crippen LogP contribution in [-0.2, 0) is 16.0 Å². The van der Waals surface area contributed by atoms with Gasteiger partial charge in [-0.25, -0.2) is 18.9 Å². The van der Waals surface area contributed by atoms with Crippen molar-refractivity contribution in [1.82, 2.24) is 14.8 Å². The number of fused-ring (bicyclic) bond motifs is 1. The molecule has 0 atom stereocenters. The summed E-state index contributed by atoms with van der Waals surface area (Å²) in [5, 5.41) is 13.7. The summed E-state index contributed by atoms with van der Waals surface area (Å²) in [4.78, 5) is 15.0. The number of rotatable bonds is 8. The average Bonchev–Trinajstić information content (AvgIpc) is 3.03. The lowest BCUT2D eigenvalue weighted by Gasteiger charge is -2.08. The van der Waals surface area contributed by atoms with Crippen LogP contribution in [0.2, 0.25) is 0 Å². The van der Waals surface area contributed by atoms with E-state index >= 15 is 0 Å². The summed E-state index contributed by atoms with van der Waals surface area (Å²) in [6.45, 7) is 3.99. The van der Waals surface area contributed by atoms with Crippen LogP contribution in [0.1, 0.15) is 19.4 Å². The molecule has 7 nitrogen and oxygen atoms in total. The van der Waals surface area contributed by atoms with E-state index in [0.29, 0.717) is 17.9 Å². The van der Waals surface area contributed by atoms with Gasteiger partial charge in [0.05, 0.1) is 24.6 Å². The highest BCUT2D eigenvalue weighted by atomic mass is 19.1. The molecule has 0 saturated heterocycles. The average molecular weight is 373 g/mol. The zero-order chi connectivity index (χ0) is 19.4. The molecule has 0 amide bonds. The van der Waals surface area contributed by atoms with E-state index in [4.69, 9.17) is 14.6 Å². The third-order valence-electron chi connectivity index (χ3n) is 3.82. The summed E-state index contributed by atoms with van der Waals surface area (Å²) in [5.74, 6) is -1.96. The Hall–Kier alpha value is -3.00. The van der Waals surface area contributed by atoms with Crippen LogP contribution >= 0.6 is 0 Å². The SMILES string of the molecule is CC(C)OCCc1cnc2c(cnn2-c2ccc(OCC(=O)O)c(F)c2)c1. The van der Waals surface area contributed by atoms with Crippen molar-refractivity contribution in [2.45, 2.75) is 26.4 Å². The molecule has 8 heteroatoms. The van der Waals surface area contributed by atoms with Gasteiger partial charge in [0.1, 0.15) is 0 Å². The molecule has 27 heavy (non-hydrogen) atoms. The second-order valence-electron chi connectivity index (χ2n) is 6.28. The van der Waals surface area contributed by atoms with Crippen molar-refractivity contribution in [3.8, 4) is 11.4 Å². The van der Waals surface area contributed by atoms with Crippen LogP contribution in [0.3, 0.4) is 0 Å². The maximum Gasteiger partial charge on any atom is 0.341 e. The number of carboxylic acids is 1. The van der Waals surface area contributed by atoms with E-state index in [1.807, 2.05) is 19.9 Å². The maximum atomic E-state index is 14.2. The van der Waals surface area contributed by atoms with Gasteiger partial charge >= 0.3 is 5.97 Å². The number of hydrogen-bond donors (Lipinski definition) is 1. The Labute approximate surface area is 155 Å². The van der Waals surface area contributed by atoms with Crippen LogP contribution in [-0.4, -0.2) is 45.2 Å². The summed E-state index contributed by atoms with van der Waals surface area (Å²) in [6, 6.07) is 6.18. The molecule has 0 aliphatic rings. The predicted octanol–water partition coefficient (Wildman–Crippen LogP) is 2.99. The Morgan fingerprint density at radius 1 is 1.30 bits per heavy atom. The molecule has 1 aromatic carbocycles. The molecule has 2 aromatic heterocycles. The Kier molecular flexibility index (Phi) is 5.66. The molecule has 0 aliphatic carbocycles.